The van der Waals surface area contributed by atoms with Crippen molar-refractivity contribution in [3.8, 4) is 0 Å². The molecule has 3 rings (SSSR count). The van der Waals surface area contributed by atoms with E-state index in [0.29, 0.717) is 5.65 Å². The van der Waals surface area contributed by atoms with Crippen molar-refractivity contribution in [1.29, 1.82) is 0 Å². The van der Waals surface area contributed by atoms with Crippen LogP contribution in [-0.2, 0) is 0 Å². The van der Waals surface area contributed by atoms with Gasteiger partial charge in [-0.25, -0.2) is 13.2 Å². The molecule has 0 bridgehead atoms. The molecule has 0 aliphatic rings. The Morgan fingerprint density at radius 1 is 1.24 bits per heavy atom. The van der Waals surface area contributed by atoms with Crippen LogP contribution < -0.4 is 0 Å². The summed E-state index contributed by atoms with van der Waals surface area (Å²) in [7, 11) is 0. The smallest absolute Gasteiger partial charge is 0.259 e. The van der Waals surface area contributed by atoms with Gasteiger partial charge in [-0.1, -0.05) is 19.1 Å². The topological polar surface area (TPSA) is 46.3 Å². The monoisotopic (exact) mass is 371 g/mol. The lowest BCUT2D eigenvalue weighted by molar-refractivity contribution is -0.172. The Kier molecular flexibility index (Phi) is 4.91. The molecule has 3 aromatic rings. The van der Waals surface area contributed by atoms with Crippen LogP contribution >= 0.6 is 11.9 Å². The highest BCUT2D eigenvalue weighted by Crippen LogP contribution is 2.42. The van der Waals surface area contributed by atoms with Gasteiger partial charge in [-0.3, -0.25) is 4.98 Å². The molecular weight excluding hydrogens is 358 g/mol. The summed E-state index contributed by atoms with van der Waals surface area (Å²) in [5.74, 6) is -0.588. The third kappa shape index (κ3) is 3.90. The molecule has 1 unspecified atom stereocenters. The van der Waals surface area contributed by atoms with Gasteiger partial charge >= 0.3 is 6.18 Å². The maximum absolute atomic E-state index is 13.6. The zero-order valence-electron chi connectivity index (χ0n) is 13.0. The molecule has 10 heteroatoms. The largest absolute Gasteiger partial charge is 0.408 e. The lowest BCUT2D eigenvalue weighted by Gasteiger charge is -2.30. The van der Waals surface area contributed by atoms with E-state index in [1.807, 2.05) is 0 Å². The standard InChI is InChI=1S/C15H13F4N5S/c1-2-24(25-14-21-12-9-20-7-8-23(12)22-14)13(15(17,18)19)10-3-5-11(16)6-4-10/h3-9,13H,2H2,1H3. The summed E-state index contributed by atoms with van der Waals surface area (Å²) in [6.07, 6.45) is -0.00917. The van der Waals surface area contributed by atoms with Crippen LogP contribution in [-0.4, -0.2) is 36.6 Å². The van der Waals surface area contributed by atoms with Crippen molar-refractivity contribution in [3.05, 3.63) is 54.2 Å². The fourth-order valence-corrected chi connectivity index (χ4v) is 3.28. The number of rotatable bonds is 5. The average Bonchev–Trinajstić information content (AvgIpc) is 2.97. The van der Waals surface area contributed by atoms with E-state index in [-0.39, 0.29) is 17.3 Å². The van der Waals surface area contributed by atoms with E-state index in [1.165, 1.54) is 16.9 Å². The maximum Gasteiger partial charge on any atom is 0.408 e. The molecule has 0 fully saturated rings. The Hall–Kier alpha value is -2.20. The molecule has 0 N–H and O–H groups in total. The summed E-state index contributed by atoms with van der Waals surface area (Å²) in [4.78, 5) is 8.05. The van der Waals surface area contributed by atoms with Crippen molar-refractivity contribution in [2.24, 2.45) is 0 Å². The zero-order chi connectivity index (χ0) is 18.0. The van der Waals surface area contributed by atoms with Crippen LogP contribution in [0.3, 0.4) is 0 Å². The molecule has 0 spiro atoms. The van der Waals surface area contributed by atoms with Gasteiger partial charge in [0.15, 0.2) is 5.65 Å². The van der Waals surface area contributed by atoms with E-state index in [2.05, 4.69) is 15.1 Å². The summed E-state index contributed by atoms with van der Waals surface area (Å²) in [6, 6.07) is 2.39. The first-order chi connectivity index (χ1) is 11.9. The highest BCUT2D eigenvalue weighted by Gasteiger charge is 2.45. The van der Waals surface area contributed by atoms with Crippen LogP contribution in [0.5, 0.6) is 0 Å². The molecule has 0 amide bonds. The molecule has 0 aliphatic carbocycles. The predicted molar refractivity (Wildman–Crippen MR) is 84.2 cm³/mol. The molecule has 25 heavy (non-hydrogen) atoms. The fourth-order valence-electron chi connectivity index (χ4n) is 2.33. The van der Waals surface area contributed by atoms with E-state index in [4.69, 9.17) is 0 Å². The molecule has 1 atom stereocenters. The van der Waals surface area contributed by atoms with Crippen LogP contribution in [0.2, 0.25) is 0 Å². The molecule has 5 nitrogen and oxygen atoms in total. The van der Waals surface area contributed by atoms with E-state index in [1.54, 1.807) is 13.1 Å². The number of hydrogen-bond donors (Lipinski definition) is 0. The number of hydrogen-bond acceptors (Lipinski definition) is 5. The third-order valence-electron chi connectivity index (χ3n) is 3.42. The van der Waals surface area contributed by atoms with Gasteiger partial charge in [0.25, 0.3) is 0 Å². The Bertz CT molecular complexity index is 816. The van der Waals surface area contributed by atoms with Crippen LogP contribution in [0.1, 0.15) is 18.5 Å². The van der Waals surface area contributed by atoms with Gasteiger partial charge in [-0.15, -0.1) is 5.10 Å². The Morgan fingerprint density at radius 2 is 1.96 bits per heavy atom. The SMILES string of the molecule is CCN(Sc1nc2cnccn2n1)C(c1ccc(F)cc1)C(F)(F)F. The normalized spacial score (nSPS) is 13.5. The number of fused-ring (bicyclic) bond motifs is 1. The molecule has 0 radical (unpaired) electrons. The third-order valence-corrected chi connectivity index (χ3v) is 4.46. The highest BCUT2D eigenvalue weighted by atomic mass is 32.2. The van der Waals surface area contributed by atoms with Crippen molar-refractivity contribution in [3.63, 3.8) is 0 Å². The van der Waals surface area contributed by atoms with E-state index in [0.717, 1.165) is 40.5 Å². The van der Waals surface area contributed by atoms with Crippen LogP contribution in [0, 0.1) is 5.82 Å². The Labute approximate surface area is 144 Å². The second-order valence-corrected chi connectivity index (χ2v) is 6.11. The summed E-state index contributed by atoms with van der Waals surface area (Å²) < 4.78 is 56.6. The second-order valence-electron chi connectivity index (χ2n) is 5.09. The van der Waals surface area contributed by atoms with Gasteiger partial charge in [-0.05, 0) is 17.7 Å². The number of aromatic nitrogens is 4. The molecule has 132 valence electrons. The minimum absolute atomic E-state index is 0.0475. The quantitative estimate of drug-likeness (QED) is 0.503. The van der Waals surface area contributed by atoms with Crippen LogP contribution in [0.25, 0.3) is 5.65 Å². The van der Waals surface area contributed by atoms with Gasteiger partial charge in [0, 0.05) is 30.9 Å². The molecule has 1 aromatic carbocycles. The lowest BCUT2D eigenvalue weighted by Crippen LogP contribution is -2.34. The van der Waals surface area contributed by atoms with Crippen molar-refractivity contribution in [1.82, 2.24) is 23.9 Å². The van der Waals surface area contributed by atoms with Crippen molar-refractivity contribution in [2.45, 2.75) is 24.3 Å². The van der Waals surface area contributed by atoms with Crippen LogP contribution in [0.4, 0.5) is 17.6 Å². The average molecular weight is 371 g/mol. The predicted octanol–water partition coefficient (Wildman–Crippen LogP) is 3.90. The zero-order valence-corrected chi connectivity index (χ0v) is 13.8. The first kappa shape index (κ1) is 17.6. The molecule has 0 aliphatic heterocycles. The van der Waals surface area contributed by atoms with Gasteiger partial charge in [0.05, 0.1) is 6.20 Å². The number of benzene rings is 1. The van der Waals surface area contributed by atoms with Crippen molar-refractivity contribution < 1.29 is 17.6 Å². The molecular formula is C15H13F4N5S. The molecule has 0 saturated heterocycles. The summed E-state index contributed by atoms with van der Waals surface area (Å²) in [5.41, 5.74) is 0.389. The van der Waals surface area contributed by atoms with Gasteiger partial charge < -0.3 is 0 Å². The van der Waals surface area contributed by atoms with Gasteiger partial charge in [0.2, 0.25) is 5.16 Å². The molecule has 2 heterocycles. The molecule has 0 saturated carbocycles. The van der Waals surface area contributed by atoms with E-state index in [9.17, 15) is 17.6 Å². The summed E-state index contributed by atoms with van der Waals surface area (Å²) in [6.45, 7) is 1.69. The second kappa shape index (κ2) is 6.96. The summed E-state index contributed by atoms with van der Waals surface area (Å²) in [5, 5.41) is 4.30. The summed E-state index contributed by atoms with van der Waals surface area (Å²) >= 11 is 0.797. The number of halogens is 4. The highest BCUT2D eigenvalue weighted by molar-refractivity contribution is 7.96. The Morgan fingerprint density at radius 3 is 2.56 bits per heavy atom. The minimum atomic E-state index is -4.54. The van der Waals surface area contributed by atoms with Crippen molar-refractivity contribution >= 4 is 17.6 Å². The number of alkyl halides is 3. The lowest BCUT2D eigenvalue weighted by atomic mass is 10.1. The number of nitrogens with zero attached hydrogens (tertiary/aromatic N) is 5. The van der Waals surface area contributed by atoms with Gasteiger partial charge in [0.1, 0.15) is 11.9 Å². The Balaban J connectivity index is 1.93. The van der Waals surface area contributed by atoms with Gasteiger partial charge in [-0.2, -0.15) is 18.2 Å². The van der Waals surface area contributed by atoms with E-state index >= 15 is 0 Å². The maximum atomic E-state index is 13.6. The molecule has 2 aromatic heterocycles. The minimum Gasteiger partial charge on any atom is -0.259 e. The van der Waals surface area contributed by atoms with Crippen LogP contribution in [0.15, 0.2) is 48.0 Å². The first-order valence-electron chi connectivity index (χ1n) is 7.31. The fraction of sp³-hybridized carbons (Fsp3) is 0.267. The first-order valence-corrected chi connectivity index (χ1v) is 8.09. The van der Waals surface area contributed by atoms with Crippen molar-refractivity contribution in [2.75, 3.05) is 6.54 Å². The van der Waals surface area contributed by atoms with E-state index < -0.39 is 18.0 Å².